The zero-order chi connectivity index (χ0) is 14.8. The normalized spacial score (nSPS) is 22.9. The van der Waals surface area contributed by atoms with Crippen molar-refractivity contribution in [2.45, 2.75) is 32.0 Å². The Labute approximate surface area is 116 Å². The molecule has 1 aromatic carbocycles. The minimum absolute atomic E-state index is 0.00711. The molecule has 2 unspecified atom stereocenters. The molecule has 0 saturated carbocycles. The number of esters is 1. The fraction of sp³-hybridized carbons (Fsp3) is 0.429. The highest BCUT2D eigenvalue weighted by Crippen LogP contribution is 2.36. The third-order valence-electron chi connectivity index (χ3n) is 3.19. The molecule has 0 amide bonds. The number of phenols is 1. The Kier molecular flexibility index (Phi) is 3.94. The highest BCUT2D eigenvalue weighted by Gasteiger charge is 2.43. The van der Waals surface area contributed by atoms with Crippen molar-refractivity contribution in [2.75, 3.05) is 6.61 Å². The maximum atomic E-state index is 11.0. The van der Waals surface area contributed by atoms with Gasteiger partial charge in [0.15, 0.2) is 0 Å². The van der Waals surface area contributed by atoms with E-state index in [4.69, 9.17) is 9.57 Å². The van der Waals surface area contributed by atoms with E-state index in [2.05, 4.69) is 5.16 Å². The number of aliphatic hydroxyl groups is 1. The molecule has 6 heteroatoms. The first kappa shape index (κ1) is 14.3. The fourth-order valence-corrected chi connectivity index (χ4v) is 2.03. The number of phenolic OH excluding ortho intramolecular Hbond substituents is 1. The largest absolute Gasteiger partial charge is 0.508 e. The van der Waals surface area contributed by atoms with E-state index in [9.17, 15) is 15.0 Å². The molecule has 1 aromatic rings. The number of ether oxygens (including phenoxy) is 1. The van der Waals surface area contributed by atoms with Gasteiger partial charge in [0, 0.05) is 18.9 Å². The molecule has 1 aliphatic heterocycles. The van der Waals surface area contributed by atoms with Gasteiger partial charge in [-0.05, 0) is 19.1 Å². The first-order chi connectivity index (χ1) is 9.43. The van der Waals surface area contributed by atoms with Crippen molar-refractivity contribution in [3.63, 3.8) is 0 Å². The molecule has 0 spiro atoms. The number of oxime groups is 1. The van der Waals surface area contributed by atoms with Gasteiger partial charge in [-0.3, -0.25) is 4.79 Å². The number of aliphatic hydroxyl groups excluding tert-OH is 1. The van der Waals surface area contributed by atoms with Gasteiger partial charge in [0.05, 0.1) is 11.8 Å². The highest BCUT2D eigenvalue weighted by molar-refractivity contribution is 5.90. The summed E-state index contributed by atoms with van der Waals surface area (Å²) in [6.45, 7) is 2.91. The number of rotatable bonds is 4. The maximum Gasteiger partial charge on any atom is 0.302 e. The highest BCUT2D eigenvalue weighted by atomic mass is 16.7. The van der Waals surface area contributed by atoms with E-state index in [1.807, 2.05) is 0 Å². The summed E-state index contributed by atoms with van der Waals surface area (Å²) in [6.07, 6.45) is -0.408. The third kappa shape index (κ3) is 2.91. The monoisotopic (exact) mass is 279 g/mol. The summed E-state index contributed by atoms with van der Waals surface area (Å²) < 4.78 is 5.06. The van der Waals surface area contributed by atoms with Crippen molar-refractivity contribution in [1.29, 1.82) is 0 Å². The lowest BCUT2D eigenvalue weighted by Gasteiger charge is -2.26. The average molecular weight is 279 g/mol. The van der Waals surface area contributed by atoms with Crippen molar-refractivity contribution in [3.8, 4) is 5.75 Å². The number of benzene rings is 1. The summed E-state index contributed by atoms with van der Waals surface area (Å²) in [5.74, 6) is -0.289. The quantitative estimate of drug-likeness (QED) is 0.811. The van der Waals surface area contributed by atoms with E-state index in [0.29, 0.717) is 12.1 Å². The van der Waals surface area contributed by atoms with Crippen molar-refractivity contribution in [1.82, 2.24) is 0 Å². The molecular formula is C14H17NO5. The Morgan fingerprint density at radius 1 is 1.50 bits per heavy atom. The SMILES string of the molecule is CC(=O)OCC1(c2ccc(O)cc2)CC(C(C)O)=NO1. The molecule has 0 saturated heterocycles. The van der Waals surface area contributed by atoms with Gasteiger partial charge in [-0.1, -0.05) is 17.3 Å². The Morgan fingerprint density at radius 3 is 2.65 bits per heavy atom. The molecule has 0 radical (unpaired) electrons. The van der Waals surface area contributed by atoms with Crippen molar-refractivity contribution in [3.05, 3.63) is 29.8 Å². The first-order valence-corrected chi connectivity index (χ1v) is 6.29. The molecule has 1 aliphatic rings. The second-order valence-corrected chi connectivity index (χ2v) is 4.85. The number of carbonyl (C=O) groups is 1. The minimum atomic E-state index is -0.953. The predicted molar refractivity (Wildman–Crippen MR) is 71.2 cm³/mol. The van der Waals surface area contributed by atoms with Crippen molar-refractivity contribution < 1.29 is 24.6 Å². The summed E-state index contributed by atoms with van der Waals surface area (Å²) in [5, 5.41) is 22.8. The number of carbonyl (C=O) groups excluding carboxylic acids is 1. The van der Waals surface area contributed by atoms with Crippen LogP contribution in [0.15, 0.2) is 29.4 Å². The second kappa shape index (κ2) is 5.50. The van der Waals surface area contributed by atoms with Crippen LogP contribution in [0.25, 0.3) is 0 Å². The molecule has 1 heterocycles. The standard InChI is InChI=1S/C14H17NO5/c1-9(16)13-7-14(20-15-13,8-19-10(2)17)11-3-5-12(18)6-4-11/h3-6,9,16,18H,7-8H2,1-2H3. The summed E-state index contributed by atoms with van der Waals surface area (Å²) in [4.78, 5) is 16.5. The van der Waals surface area contributed by atoms with Gasteiger partial charge in [0.1, 0.15) is 12.4 Å². The molecule has 0 bridgehead atoms. The van der Waals surface area contributed by atoms with Crippen LogP contribution in [0.5, 0.6) is 5.75 Å². The van der Waals surface area contributed by atoms with Crippen LogP contribution in [0.1, 0.15) is 25.8 Å². The predicted octanol–water partition coefficient (Wildman–Crippen LogP) is 1.31. The van der Waals surface area contributed by atoms with Crippen LogP contribution in [0, 0.1) is 0 Å². The van der Waals surface area contributed by atoms with Gasteiger partial charge in [0.2, 0.25) is 5.60 Å². The van der Waals surface area contributed by atoms with E-state index >= 15 is 0 Å². The van der Waals surface area contributed by atoms with E-state index in [0.717, 1.165) is 5.56 Å². The van der Waals surface area contributed by atoms with Crippen molar-refractivity contribution in [2.24, 2.45) is 5.16 Å². The summed E-state index contributed by atoms with van der Waals surface area (Å²) in [5.41, 5.74) is 0.257. The van der Waals surface area contributed by atoms with Gasteiger partial charge in [-0.15, -0.1) is 0 Å². The lowest BCUT2D eigenvalue weighted by atomic mass is 9.88. The zero-order valence-electron chi connectivity index (χ0n) is 11.4. The number of hydrogen-bond donors (Lipinski definition) is 2. The second-order valence-electron chi connectivity index (χ2n) is 4.85. The van der Waals surface area contributed by atoms with E-state index in [-0.39, 0.29) is 12.4 Å². The fourth-order valence-electron chi connectivity index (χ4n) is 2.03. The summed E-state index contributed by atoms with van der Waals surface area (Å²) in [7, 11) is 0. The van der Waals surface area contributed by atoms with Gasteiger partial charge >= 0.3 is 5.97 Å². The molecule has 2 atom stereocenters. The Hall–Kier alpha value is -2.08. The number of hydrogen-bond acceptors (Lipinski definition) is 6. The van der Waals surface area contributed by atoms with Crippen LogP contribution < -0.4 is 0 Å². The lowest BCUT2D eigenvalue weighted by Crippen LogP contribution is -2.34. The van der Waals surface area contributed by atoms with Crippen LogP contribution >= 0.6 is 0 Å². The van der Waals surface area contributed by atoms with Crippen LogP contribution in [0.4, 0.5) is 0 Å². The molecular weight excluding hydrogens is 262 g/mol. The maximum absolute atomic E-state index is 11.0. The van der Waals surface area contributed by atoms with Crippen molar-refractivity contribution >= 4 is 11.7 Å². The van der Waals surface area contributed by atoms with E-state index in [1.54, 1.807) is 19.1 Å². The Balaban J connectivity index is 2.26. The van der Waals surface area contributed by atoms with Crippen LogP contribution in [-0.2, 0) is 20.0 Å². The smallest absolute Gasteiger partial charge is 0.302 e. The molecule has 0 aromatic heterocycles. The van der Waals surface area contributed by atoms with Crippen LogP contribution in [0.2, 0.25) is 0 Å². The van der Waals surface area contributed by atoms with E-state index < -0.39 is 17.7 Å². The van der Waals surface area contributed by atoms with Gasteiger partial charge < -0.3 is 19.8 Å². The topological polar surface area (TPSA) is 88.4 Å². The van der Waals surface area contributed by atoms with Gasteiger partial charge in [-0.2, -0.15) is 0 Å². The minimum Gasteiger partial charge on any atom is -0.508 e. The number of nitrogens with zero attached hydrogens (tertiary/aromatic N) is 1. The molecule has 0 aliphatic carbocycles. The number of aromatic hydroxyl groups is 1. The van der Waals surface area contributed by atoms with Crippen LogP contribution in [-0.4, -0.2) is 34.6 Å². The average Bonchev–Trinajstić information content (AvgIpc) is 2.83. The molecule has 2 N–H and O–H groups in total. The summed E-state index contributed by atoms with van der Waals surface area (Å²) >= 11 is 0. The van der Waals surface area contributed by atoms with Gasteiger partial charge in [-0.25, -0.2) is 0 Å². The zero-order valence-corrected chi connectivity index (χ0v) is 11.4. The summed E-state index contributed by atoms with van der Waals surface area (Å²) in [6, 6.07) is 6.40. The third-order valence-corrected chi connectivity index (χ3v) is 3.19. The lowest BCUT2D eigenvalue weighted by molar-refractivity contribution is -0.152. The first-order valence-electron chi connectivity index (χ1n) is 6.29. The molecule has 2 rings (SSSR count). The Bertz CT molecular complexity index is 523. The van der Waals surface area contributed by atoms with Crippen LogP contribution in [0.3, 0.4) is 0 Å². The Morgan fingerprint density at radius 2 is 2.15 bits per heavy atom. The molecule has 20 heavy (non-hydrogen) atoms. The van der Waals surface area contributed by atoms with Gasteiger partial charge in [0.25, 0.3) is 0 Å². The molecule has 6 nitrogen and oxygen atoms in total. The van der Waals surface area contributed by atoms with E-state index in [1.165, 1.54) is 19.1 Å². The molecule has 0 fully saturated rings. The molecule has 108 valence electrons.